The molecule has 1 fully saturated rings. The van der Waals surface area contributed by atoms with Gasteiger partial charge in [0.25, 0.3) is 0 Å². The van der Waals surface area contributed by atoms with Crippen LogP contribution < -0.4 is 0 Å². The van der Waals surface area contributed by atoms with Crippen LogP contribution in [0.3, 0.4) is 0 Å². The molecule has 0 heterocycles. The van der Waals surface area contributed by atoms with E-state index >= 15 is 0 Å². The molecule has 0 unspecified atom stereocenters. The highest BCUT2D eigenvalue weighted by atomic mass is 35.5. The summed E-state index contributed by atoms with van der Waals surface area (Å²) in [5, 5.41) is 4.35. The van der Waals surface area contributed by atoms with Crippen molar-refractivity contribution < 1.29 is 14.0 Å². The Morgan fingerprint density at radius 3 is 2.42 bits per heavy atom. The van der Waals surface area contributed by atoms with Crippen molar-refractivity contribution in [2.24, 2.45) is 11.1 Å². The zero-order valence-electron chi connectivity index (χ0n) is 12.8. The molecule has 0 aromatic heterocycles. The van der Waals surface area contributed by atoms with E-state index in [4.69, 9.17) is 28.0 Å². The van der Waals surface area contributed by atoms with Gasteiger partial charge in [0.05, 0.1) is 21.3 Å². The highest BCUT2D eigenvalue weighted by molar-refractivity contribution is 6.39. The Morgan fingerprint density at radius 1 is 1.17 bits per heavy atom. The fraction of sp³-hybridized carbons (Fsp3) is 0.222. The van der Waals surface area contributed by atoms with Gasteiger partial charge in [-0.05, 0) is 49.1 Å². The summed E-state index contributed by atoms with van der Waals surface area (Å²) in [6.07, 6.45) is 0.894. The summed E-state index contributed by atoms with van der Waals surface area (Å²) in [6, 6.07) is 11.2. The molecule has 24 heavy (non-hydrogen) atoms. The molecule has 0 radical (unpaired) electrons. The molecule has 0 bridgehead atoms. The first-order chi connectivity index (χ1) is 11.5. The van der Waals surface area contributed by atoms with Gasteiger partial charge in [-0.3, -0.25) is 0 Å². The van der Waals surface area contributed by atoms with Crippen molar-refractivity contribution in [2.75, 3.05) is 0 Å². The lowest BCUT2D eigenvalue weighted by molar-refractivity contribution is 0.0515. The second-order valence-corrected chi connectivity index (χ2v) is 6.52. The lowest BCUT2D eigenvalue weighted by atomic mass is 10.1. The second kappa shape index (κ2) is 6.91. The molecule has 3 nitrogen and oxygen atoms in total. The van der Waals surface area contributed by atoms with Crippen LogP contribution >= 0.6 is 23.2 Å². The monoisotopic (exact) mass is 365 g/mol. The van der Waals surface area contributed by atoms with Crippen LogP contribution in [0.1, 0.15) is 35.2 Å². The first-order valence-corrected chi connectivity index (χ1v) is 8.18. The molecule has 1 saturated carbocycles. The Bertz CT molecular complexity index is 785. The smallest absolute Gasteiger partial charge is 0.313 e. The Labute approximate surface area is 149 Å². The lowest BCUT2D eigenvalue weighted by Gasteiger charge is -2.04. The number of halogens is 3. The zero-order chi connectivity index (χ0) is 17.3. The van der Waals surface area contributed by atoms with Crippen LogP contribution in [0.4, 0.5) is 4.39 Å². The maximum Gasteiger partial charge on any atom is 0.368 e. The molecule has 0 N–H and O–H groups in total. The van der Waals surface area contributed by atoms with Crippen LogP contribution in [-0.2, 0) is 4.84 Å². The average Bonchev–Trinajstić information content (AvgIpc) is 3.34. The summed E-state index contributed by atoms with van der Waals surface area (Å²) in [5.41, 5.74) is 1.86. The van der Waals surface area contributed by atoms with Gasteiger partial charge < -0.3 is 4.84 Å². The number of hydrogen-bond donors (Lipinski definition) is 0. The zero-order valence-corrected chi connectivity index (χ0v) is 14.3. The maximum atomic E-state index is 13.0. The summed E-state index contributed by atoms with van der Waals surface area (Å²) < 4.78 is 13.0. The first kappa shape index (κ1) is 16.9. The Hall–Kier alpha value is -1.91. The van der Waals surface area contributed by atoms with Crippen molar-refractivity contribution >= 4 is 34.9 Å². The van der Waals surface area contributed by atoms with Crippen molar-refractivity contribution in [2.45, 2.75) is 19.3 Å². The molecule has 2 atom stereocenters. The fourth-order valence-corrected chi connectivity index (χ4v) is 3.21. The van der Waals surface area contributed by atoms with Gasteiger partial charge in [-0.2, -0.15) is 0 Å². The summed E-state index contributed by atoms with van der Waals surface area (Å²) in [6.45, 7) is 1.80. The number of benzene rings is 2. The van der Waals surface area contributed by atoms with E-state index in [2.05, 4.69) is 5.16 Å². The van der Waals surface area contributed by atoms with E-state index in [9.17, 15) is 9.18 Å². The second-order valence-electron chi connectivity index (χ2n) is 5.71. The molecule has 1 aliphatic carbocycles. The minimum absolute atomic E-state index is 0.100. The molecule has 0 spiro atoms. The Morgan fingerprint density at radius 2 is 1.79 bits per heavy atom. The molecule has 0 amide bonds. The molecule has 6 heteroatoms. The van der Waals surface area contributed by atoms with E-state index in [1.165, 1.54) is 12.1 Å². The van der Waals surface area contributed by atoms with Crippen LogP contribution in [0.25, 0.3) is 0 Å². The molecule has 3 rings (SSSR count). The third kappa shape index (κ3) is 3.60. The molecule has 2 aromatic carbocycles. The van der Waals surface area contributed by atoms with E-state index in [1.807, 2.05) is 0 Å². The standard InChI is InChI=1S/C18H14Cl2FNO2/c1-10(13-9-14(13)11-5-7-12(21)8-6-11)22-24-18(23)17-15(19)3-2-4-16(17)20/h2-8,13-14H,9H2,1H3/t13-,14+/m0/s1. The molecular formula is C18H14Cl2FNO2. The molecule has 0 aliphatic heterocycles. The first-order valence-electron chi connectivity index (χ1n) is 7.42. The van der Waals surface area contributed by atoms with Crippen LogP contribution in [0, 0.1) is 11.7 Å². The highest BCUT2D eigenvalue weighted by Crippen LogP contribution is 2.48. The van der Waals surface area contributed by atoms with E-state index in [0.29, 0.717) is 5.71 Å². The number of oxime groups is 1. The number of hydrogen-bond acceptors (Lipinski definition) is 3. The number of carbonyl (C=O) groups is 1. The quantitative estimate of drug-likeness (QED) is 0.409. The van der Waals surface area contributed by atoms with Gasteiger partial charge in [0, 0.05) is 5.92 Å². The summed E-state index contributed by atoms with van der Waals surface area (Å²) in [7, 11) is 0. The normalized spacial score (nSPS) is 19.9. The third-order valence-corrected chi connectivity index (χ3v) is 4.69. The van der Waals surface area contributed by atoms with Crippen molar-refractivity contribution in [3.63, 3.8) is 0 Å². The largest absolute Gasteiger partial charge is 0.368 e. The minimum atomic E-state index is -0.691. The molecular weight excluding hydrogens is 352 g/mol. The number of rotatable bonds is 4. The molecule has 124 valence electrons. The van der Waals surface area contributed by atoms with Crippen LogP contribution in [0.5, 0.6) is 0 Å². The van der Waals surface area contributed by atoms with Crippen molar-refractivity contribution in [1.29, 1.82) is 0 Å². The van der Waals surface area contributed by atoms with E-state index in [0.717, 1.165) is 12.0 Å². The van der Waals surface area contributed by atoms with Gasteiger partial charge in [-0.25, -0.2) is 9.18 Å². The van der Waals surface area contributed by atoms with E-state index in [-0.39, 0.29) is 33.3 Å². The van der Waals surface area contributed by atoms with Crippen LogP contribution in [0.2, 0.25) is 10.0 Å². The number of nitrogens with zero attached hydrogens (tertiary/aromatic N) is 1. The predicted molar refractivity (Wildman–Crippen MR) is 92.2 cm³/mol. The third-order valence-electron chi connectivity index (χ3n) is 4.06. The van der Waals surface area contributed by atoms with Crippen molar-refractivity contribution in [3.05, 3.63) is 69.5 Å². The summed E-state index contributed by atoms with van der Waals surface area (Å²) >= 11 is 11.9. The minimum Gasteiger partial charge on any atom is -0.313 e. The van der Waals surface area contributed by atoms with Crippen LogP contribution in [-0.4, -0.2) is 11.7 Å². The van der Waals surface area contributed by atoms with E-state index < -0.39 is 5.97 Å². The Kier molecular flexibility index (Phi) is 4.88. The van der Waals surface area contributed by atoms with Crippen molar-refractivity contribution in [1.82, 2.24) is 0 Å². The molecule has 2 aromatic rings. The Balaban J connectivity index is 1.65. The van der Waals surface area contributed by atoms with E-state index in [1.54, 1.807) is 37.3 Å². The topological polar surface area (TPSA) is 38.7 Å². The summed E-state index contributed by atoms with van der Waals surface area (Å²) in [4.78, 5) is 17.1. The summed E-state index contributed by atoms with van der Waals surface area (Å²) in [5.74, 6) is -0.488. The fourth-order valence-electron chi connectivity index (χ4n) is 2.65. The maximum absolute atomic E-state index is 13.0. The molecule has 0 saturated heterocycles. The number of carbonyl (C=O) groups excluding carboxylic acids is 1. The van der Waals surface area contributed by atoms with Crippen molar-refractivity contribution in [3.8, 4) is 0 Å². The highest BCUT2D eigenvalue weighted by Gasteiger charge is 2.40. The van der Waals surface area contributed by atoms with Gasteiger partial charge in [-0.1, -0.05) is 46.6 Å². The molecule has 1 aliphatic rings. The SMILES string of the molecule is CC(=NOC(=O)c1c(Cl)cccc1Cl)[C@@H]1C[C@@H]1c1ccc(F)cc1. The predicted octanol–water partition coefficient (Wildman–Crippen LogP) is 5.47. The van der Waals surface area contributed by atoms with Gasteiger partial charge in [0.1, 0.15) is 5.82 Å². The van der Waals surface area contributed by atoms with Gasteiger partial charge in [0.15, 0.2) is 0 Å². The average molecular weight is 366 g/mol. The lowest BCUT2D eigenvalue weighted by Crippen LogP contribution is -2.06. The van der Waals surface area contributed by atoms with Gasteiger partial charge in [-0.15, -0.1) is 0 Å². The van der Waals surface area contributed by atoms with Gasteiger partial charge >= 0.3 is 5.97 Å². The van der Waals surface area contributed by atoms with Crippen LogP contribution in [0.15, 0.2) is 47.6 Å². The van der Waals surface area contributed by atoms with Gasteiger partial charge in [0.2, 0.25) is 0 Å².